The summed E-state index contributed by atoms with van der Waals surface area (Å²) in [6.45, 7) is 7.44. The molecule has 0 spiro atoms. The van der Waals surface area contributed by atoms with Gasteiger partial charge in [-0.15, -0.1) is 0 Å². The molecule has 2 aromatic carbocycles. The van der Waals surface area contributed by atoms with Crippen molar-refractivity contribution >= 4 is 55.0 Å². The Labute approximate surface area is 209 Å². The van der Waals surface area contributed by atoms with Crippen LogP contribution in [0.2, 0.25) is 5.02 Å². The zero-order valence-corrected chi connectivity index (χ0v) is 21.8. The topological polar surface area (TPSA) is 70.7 Å². The fourth-order valence-corrected chi connectivity index (χ4v) is 5.83. The molecule has 1 aliphatic heterocycles. The molecule has 0 bridgehead atoms. The summed E-state index contributed by atoms with van der Waals surface area (Å²) in [6.07, 6.45) is 5.30. The number of thiazole rings is 1. The monoisotopic (exact) mass is 519 g/mol. The Bertz CT molecular complexity index is 1390. The minimum atomic E-state index is -4.00. The highest BCUT2D eigenvalue weighted by molar-refractivity contribution is 7.85. The highest BCUT2D eigenvalue weighted by Crippen LogP contribution is 2.41. The third-order valence-electron chi connectivity index (χ3n) is 5.70. The van der Waals surface area contributed by atoms with Crippen LogP contribution in [0.15, 0.2) is 53.9 Å². The van der Waals surface area contributed by atoms with Gasteiger partial charge in [-0.05, 0) is 55.7 Å². The molecule has 0 aliphatic carbocycles. The first kappa shape index (κ1) is 24.7. The summed E-state index contributed by atoms with van der Waals surface area (Å²) in [5.41, 5.74) is 4.23. The molecule has 0 saturated heterocycles. The van der Waals surface area contributed by atoms with Crippen LogP contribution < -0.4 is 14.2 Å². The average Bonchev–Trinajstić information content (AvgIpc) is 3.29. The smallest absolute Gasteiger partial charge is 0.265 e. The van der Waals surface area contributed by atoms with Gasteiger partial charge in [-0.25, -0.2) is 0 Å². The summed E-state index contributed by atoms with van der Waals surface area (Å²) in [6, 6.07) is 11.9. The van der Waals surface area contributed by atoms with Gasteiger partial charge >= 0.3 is 0 Å². The maximum atomic E-state index is 11.3. The lowest BCUT2D eigenvalue weighted by Gasteiger charge is -2.16. The highest BCUT2D eigenvalue weighted by atomic mass is 35.5. The van der Waals surface area contributed by atoms with Crippen molar-refractivity contribution in [1.29, 1.82) is 0 Å². The number of hydrogen-bond acceptors (Lipinski definition) is 5. The second-order valence-electron chi connectivity index (χ2n) is 8.22. The lowest BCUT2D eigenvalue weighted by Crippen LogP contribution is -2.36. The van der Waals surface area contributed by atoms with E-state index >= 15 is 0 Å². The molecule has 0 atom stereocenters. The molecule has 0 fully saturated rings. The van der Waals surface area contributed by atoms with Gasteiger partial charge in [0.2, 0.25) is 11.4 Å². The second kappa shape index (κ2) is 10.1. The Morgan fingerprint density at radius 3 is 2.74 bits per heavy atom. The van der Waals surface area contributed by atoms with Gasteiger partial charge < -0.3 is 9.64 Å². The van der Waals surface area contributed by atoms with Crippen molar-refractivity contribution in [3.8, 4) is 5.75 Å². The van der Waals surface area contributed by atoms with Gasteiger partial charge in [0, 0.05) is 36.2 Å². The van der Waals surface area contributed by atoms with E-state index < -0.39 is 10.1 Å². The van der Waals surface area contributed by atoms with E-state index in [0.29, 0.717) is 18.0 Å². The number of fused-ring (bicyclic) bond motifs is 2. The Balaban J connectivity index is 1.72. The van der Waals surface area contributed by atoms with E-state index in [-0.39, 0.29) is 5.75 Å². The lowest BCUT2D eigenvalue weighted by molar-refractivity contribution is -0.668. The molecule has 180 valence electrons. The summed E-state index contributed by atoms with van der Waals surface area (Å²) in [5.74, 6) is 1.27. The SMILES string of the molecule is CCC(/C=C1\Oc2ccc(Cl)cc2N1CC)=C\c1sc2ccc(C)cc2[n+]1CCCS(=O)(=O)O. The number of allylic oxidation sites excluding steroid dienone is 2. The van der Waals surface area contributed by atoms with Crippen LogP contribution in [0.4, 0.5) is 5.69 Å². The molecular formula is C25H28ClN2O4S2+. The Morgan fingerprint density at radius 2 is 2.03 bits per heavy atom. The number of ether oxygens (including phenoxy) is 1. The molecule has 34 heavy (non-hydrogen) atoms. The number of anilines is 1. The molecule has 9 heteroatoms. The first-order chi connectivity index (χ1) is 16.2. The number of benzene rings is 2. The van der Waals surface area contributed by atoms with Crippen molar-refractivity contribution in [2.24, 2.45) is 0 Å². The average molecular weight is 520 g/mol. The number of halogens is 1. The predicted molar refractivity (Wildman–Crippen MR) is 139 cm³/mol. The summed E-state index contributed by atoms with van der Waals surface area (Å²) >= 11 is 7.86. The normalized spacial score (nSPS) is 15.3. The van der Waals surface area contributed by atoms with Crippen molar-refractivity contribution in [3.05, 3.63) is 69.5 Å². The molecule has 1 N–H and O–H groups in total. The molecule has 3 aromatic rings. The second-order valence-corrected chi connectivity index (χ2v) is 11.3. The predicted octanol–water partition coefficient (Wildman–Crippen LogP) is 5.98. The standard InChI is InChI=1S/C25H27ClN2O4S2/c1-4-18(14-24-27(5-2)20-16-19(26)8-9-22(20)32-24)15-25-28(11-6-12-34(29,30)31)21-13-17(3)7-10-23(21)33-25/h7-10,13-16H,4-6,11-12H2,1-3H3/p+1. The van der Waals surface area contributed by atoms with Crippen molar-refractivity contribution in [1.82, 2.24) is 0 Å². The molecule has 0 unspecified atom stereocenters. The zero-order valence-electron chi connectivity index (χ0n) is 19.4. The first-order valence-electron chi connectivity index (χ1n) is 11.2. The number of aryl methyl sites for hydroxylation is 2. The van der Waals surface area contributed by atoms with Crippen LogP contribution >= 0.6 is 22.9 Å². The molecule has 0 amide bonds. The van der Waals surface area contributed by atoms with Crippen molar-refractivity contribution in [2.75, 3.05) is 17.2 Å². The van der Waals surface area contributed by atoms with Crippen molar-refractivity contribution < 1.29 is 22.3 Å². The minimum absolute atomic E-state index is 0.267. The molecule has 0 radical (unpaired) electrons. The summed E-state index contributed by atoms with van der Waals surface area (Å²) < 4.78 is 41.1. The van der Waals surface area contributed by atoms with Crippen LogP contribution in [0.1, 0.15) is 37.3 Å². The van der Waals surface area contributed by atoms with E-state index in [1.54, 1.807) is 11.3 Å². The van der Waals surface area contributed by atoms with E-state index in [1.807, 2.05) is 25.1 Å². The minimum Gasteiger partial charge on any atom is -0.439 e. The van der Waals surface area contributed by atoms with E-state index in [1.165, 1.54) is 0 Å². The molecule has 4 rings (SSSR count). The Hall–Kier alpha value is -2.39. The quantitative estimate of drug-likeness (QED) is 0.293. The van der Waals surface area contributed by atoms with E-state index in [2.05, 4.69) is 53.7 Å². The number of rotatable bonds is 8. The fourth-order valence-electron chi connectivity index (χ4n) is 4.02. The molecular weight excluding hydrogens is 492 g/mol. The number of aromatic nitrogens is 1. The largest absolute Gasteiger partial charge is 0.439 e. The van der Waals surface area contributed by atoms with E-state index in [0.717, 1.165) is 56.6 Å². The summed E-state index contributed by atoms with van der Waals surface area (Å²) in [7, 11) is -4.00. The summed E-state index contributed by atoms with van der Waals surface area (Å²) in [4.78, 5) is 2.10. The molecule has 1 aliphatic rings. The summed E-state index contributed by atoms with van der Waals surface area (Å²) in [5, 5.41) is 1.69. The Morgan fingerprint density at radius 1 is 1.24 bits per heavy atom. The van der Waals surface area contributed by atoms with Gasteiger partial charge in [0.15, 0.2) is 12.3 Å². The third-order valence-corrected chi connectivity index (χ3v) is 7.86. The van der Waals surface area contributed by atoms with Gasteiger partial charge in [0.1, 0.15) is 4.70 Å². The van der Waals surface area contributed by atoms with Crippen LogP contribution in [-0.2, 0) is 16.7 Å². The Kier molecular flexibility index (Phi) is 7.33. The van der Waals surface area contributed by atoms with Crippen LogP contribution in [0.25, 0.3) is 16.3 Å². The first-order valence-corrected chi connectivity index (χ1v) is 14.0. The molecule has 0 saturated carbocycles. The van der Waals surface area contributed by atoms with Crippen molar-refractivity contribution in [2.45, 2.75) is 40.2 Å². The van der Waals surface area contributed by atoms with Crippen LogP contribution in [-0.4, -0.2) is 25.3 Å². The fraction of sp³-hybridized carbons (Fsp3) is 0.320. The van der Waals surface area contributed by atoms with Gasteiger partial charge in [-0.1, -0.05) is 35.9 Å². The van der Waals surface area contributed by atoms with Crippen LogP contribution in [0.3, 0.4) is 0 Å². The van der Waals surface area contributed by atoms with Crippen molar-refractivity contribution in [3.63, 3.8) is 0 Å². The highest BCUT2D eigenvalue weighted by Gasteiger charge is 2.26. The van der Waals surface area contributed by atoms with Gasteiger partial charge in [-0.2, -0.15) is 13.0 Å². The number of hydrogen-bond donors (Lipinski definition) is 1. The van der Waals surface area contributed by atoms with Gasteiger partial charge in [-0.3, -0.25) is 4.55 Å². The van der Waals surface area contributed by atoms with E-state index in [9.17, 15) is 13.0 Å². The molecule has 6 nitrogen and oxygen atoms in total. The lowest BCUT2D eigenvalue weighted by atomic mass is 10.2. The maximum absolute atomic E-state index is 11.3. The van der Waals surface area contributed by atoms with E-state index in [4.69, 9.17) is 16.3 Å². The van der Waals surface area contributed by atoms with Gasteiger partial charge in [0.05, 0.1) is 11.4 Å². The number of nitrogens with zero attached hydrogens (tertiary/aromatic N) is 2. The van der Waals surface area contributed by atoms with Crippen LogP contribution in [0, 0.1) is 6.92 Å². The zero-order chi connectivity index (χ0) is 24.5. The molecule has 2 heterocycles. The third kappa shape index (κ3) is 5.46. The molecule has 1 aromatic heterocycles. The van der Waals surface area contributed by atoms with Crippen LogP contribution in [0.5, 0.6) is 5.75 Å². The maximum Gasteiger partial charge on any atom is 0.265 e. The van der Waals surface area contributed by atoms with Gasteiger partial charge in [0.25, 0.3) is 15.1 Å².